The van der Waals surface area contributed by atoms with E-state index in [1.807, 2.05) is 6.92 Å². The molecule has 1 fully saturated rings. The maximum Gasteiger partial charge on any atom is 0.191 e. The maximum atomic E-state index is 5.92. The monoisotopic (exact) mass is 211 g/mol. The molecule has 86 valence electrons. The Kier molecular flexibility index (Phi) is 2.87. The van der Waals surface area contributed by atoms with Crippen molar-refractivity contribution in [2.45, 2.75) is 32.2 Å². The summed E-state index contributed by atoms with van der Waals surface area (Å²) in [6, 6.07) is 0. The van der Waals surface area contributed by atoms with Gasteiger partial charge in [-0.2, -0.15) is 0 Å². The number of nitrogens with zero attached hydrogens (tertiary/aromatic N) is 2. The first-order chi connectivity index (χ1) is 7.15. The van der Waals surface area contributed by atoms with Crippen molar-refractivity contribution < 1.29 is 4.74 Å². The lowest BCUT2D eigenvalue weighted by Crippen LogP contribution is -2.53. The molecule has 1 heterocycles. The minimum Gasteiger partial charge on any atom is -0.379 e. The normalized spacial score (nSPS) is 30.8. The molecule has 1 atom stereocenters. The molecule has 0 saturated heterocycles. The molecule has 1 aliphatic heterocycles. The van der Waals surface area contributed by atoms with Gasteiger partial charge in [-0.25, -0.2) is 0 Å². The van der Waals surface area contributed by atoms with E-state index in [1.165, 1.54) is 12.8 Å². The lowest BCUT2D eigenvalue weighted by atomic mass is 10.0. The molecule has 0 radical (unpaired) electrons. The highest BCUT2D eigenvalue weighted by Gasteiger charge is 2.40. The third-order valence-electron chi connectivity index (χ3n) is 3.26. The molecule has 0 aromatic carbocycles. The van der Waals surface area contributed by atoms with Gasteiger partial charge in [0.1, 0.15) is 0 Å². The number of hydrogen-bond acceptors (Lipinski definition) is 4. The molecule has 2 aliphatic rings. The first-order valence-corrected chi connectivity index (χ1v) is 5.81. The van der Waals surface area contributed by atoms with Gasteiger partial charge in [0.25, 0.3) is 0 Å². The van der Waals surface area contributed by atoms with Crippen LogP contribution in [0.4, 0.5) is 0 Å². The second kappa shape index (κ2) is 4.00. The van der Waals surface area contributed by atoms with Gasteiger partial charge in [0, 0.05) is 13.2 Å². The average Bonchev–Trinajstić information content (AvgIpc) is 2.99. The molecule has 4 heteroatoms. The standard InChI is InChI=1S/C11H21N3O/c1-3-15-8-11(2)7-13-10(12)14(11)6-9-4-5-9/h9H,3-8H2,1-2H3,(H2,12,13). The SMILES string of the molecule is CCOCC1(C)CN=C(N)N1CC1CC1. The average molecular weight is 211 g/mol. The second-order valence-electron chi connectivity index (χ2n) is 4.86. The largest absolute Gasteiger partial charge is 0.379 e. The fraction of sp³-hybridized carbons (Fsp3) is 0.909. The van der Waals surface area contributed by atoms with Crippen LogP contribution in [0, 0.1) is 5.92 Å². The molecular weight excluding hydrogens is 190 g/mol. The zero-order valence-electron chi connectivity index (χ0n) is 9.70. The summed E-state index contributed by atoms with van der Waals surface area (Å²) in [5.41, 5.74) is 5.91. The predicted molar refractivity (Wildman–Crippen MR) is 60.8 cm³/mol. The van der Waals surface area contributed by atoms with Gasteiger partial charge < -0.3 is 15.4 Å². The van der Waals surface area contributed by atoms with Gasteiger partial charge >= 0.3 is 0 Å². The second-order valence-corrected chi connectivity index (χ2v) is 4.86. The Morgan fingerprint density at radius 2 is 2.33 bits per heavy atom. The lowest BCUT2D eigenvalue weighted by molar-refractivity contribution is 0.0511. The van der Waals surface area contributed by atoms with Gasteiger partial charge in [0.05, 0.1) is 18.7 Å². The molecule has 0 bridgehead atoms. The van der Waals surface area contributed by atoms with Crippen LogP contribution in [0.3, 0.4) is 0 Å². The van der Waals surface area contributed by atoms with Gasteiger partial charge in [-0.15, -0.1) is 0 Å². The zero-order chi connectivity index (χ0) is 10.9. The Morgan fingerprint density at radius 3 is 2.93 bits per heavy atom. The first-order valence-electron chi connectivity index (χ1n) is 5.81. The highest BCUT2D eigenvalue weighted by Crippen LogP contribution is 2.33. The number of aliphatic imine (C=N–C) groups is 1. The first kappa shape index (κ1) is 10.7. The molecular formula is C11H21N3O. The number of guanidine groups is 1. The third-order valence-corrected chi connectivity index (χ3v) is 3.26. The summed E-state index contributed by atoms with van der Waals surface area (Å²) < 4.78 is 5.53. The minimum atomic E-state index is -0.0112. The Bertz CT molecular complexity index is 263. The van der Waals surface area contributed by atoms with Crippen LogP contribution in [-0.4, -0.2) is 42.7 Å². The maximum absolute atomic E-state index is 5.92. The van der Waals surface area contributed by atoms with Crippen LogP contribution in [0.2, 0.25) is 0 Å². The van der Waals surface area contributed by atoms with Crippen LogP contribution in [0.25, 0.3) is 0 Å². The smallest absolute Gasteiger partial charge is 0.191 e. The van der Waals surface area contributed by atoms with Crippen molar-refractivity contribution in [2.24, 2.45) is 16.6 Å². The molecule has 2 rings (SSSR count). The van der Waals surface area contributed by atoms with Gasteiger partial charge in [-0.05, 0) is 32.6 Å². The molecule has 0 aromatic heterocycles. The Labute approximate surface area is 91.5 Å². The number of ether oxygens (including phenoxy) is 1. The third kappa shape index (κ3) is 2.25. The summed E-state index contributed by atoms with van der Waals surface area (Å²) in [5.74, 6) is 1.53. The van der Waals surface area contributed by atoms with Crippen LogP contribution in [0.15, 0.2) is 4.99 Å². The molecule has 2 N–H and O–H groups in total. The Hall–Kier alpha value is -0.770. The van der Waals surface area contributed by atoms with Crippen molar-refractivity contribution in [1.29, 1.82) is 0 Å². The molecule has 0 spiro atoms. The van der Waals surface area contributed by atoms with E-state index in [-0.39, 0.29) is 5.54 Å². The van der Waals surface area contributed by atoms with Gasteiger partial charge in [-0.3, -0.25) is 4.99 Å². The summed E-state index contributed by atoms with van der Waals surface area (Å²) in [6.07, 6.45) is 2.68. The summed E-state index contributed by atoms with van der Waals surface area (Å²) in [4.78, 5) is 6.58. The highest BCUT2D eigenvalue weighted by atomic mass is 16.5. The van der Waals surface area contributed by atoms with Crippen molar-refractivity contribution >= 4 is 5.96 Å². The van der Waals surface area contributed by atoms with Crippen molar-refractivity contribution in [3.8, 4) is 0 Å². The number of hydrogen-bond donors (Lipinski definition) is 1. The van der Waals surface area contributed by atoms with E-state index in [4.69, 9.17) is 10.5 Å². The van der Waals surface area contributed by atoms with Crippen LogP contribution >= 0.6 is 0 Å². The molecule has 1 unspecified atom stereocenters. The Morgan fingerprint density at radius 1 is 1.60 bits per heavy atom. The van der Waals surface area contributed by atoms with Crippen molar-refractivity contribution in [3.05, 3.63) is 0 Å². The number of nitrogens with two attached hydrogens (primary N) is 1. The van der Waals surface area contributed by atoms with Crippen LogP contribution in [0.5, 0.6) is 0 Å². The van der Waals surface area contributed by atoms with E-state index in [0.717, 1.165) is 32.2 Å². The fourth-order valence-electron chi connectivity index (χ4n) is 2.02. The van der Waals surface area contributed by atoms with E-state index >= 15 is 0 Å². The van der Waals surface area contributed by atoms with E-state index in [0.29, 0.717) is 5.96 Å². The van der Waals surface area contributed by atoms with Crippen molar-refractivity contribution in [3.63, 3.8) is 0 Å². The van der Waals surface area contributed by atoms with Gasteiger partial charge in [-0.1, -0.05) is 0 Å². The summed E-state index contributed by atoms with van der Waals surface area (Å²) >= 11 is 0. The molecule has 1 saturated carbocycles. The molecule has 0 aromatic rings. The van der Waals surface area contributed by atoms with E-state index in [9.17, 15) is 0 Å². The minimum absolute atomic E-state index is 0.0112. The van der Waals surface area contributed by atoms with Crippen molar-refractivity contribution in [1.82, 2.24) is 4.90 Å². The van der Waals surface area contributed by atoms with Crippen molar-refractivity contribution in [2.75, 3.05) is 26.3 Å². The summed E-state index contributed by atoms with van der Waals surface area (Å²) in [7, 11) is 0. The molecule has 0 amide bonds. The number of rotatable bonds is 5. The van der Waals surface area contributed by atoms with Crippen LogP contribution < -0.4 is 5.73 Å². The van der Waals surface area contributed by atoms with Crippen LogP contribution in [-0.2, 0) is 4.74 Å². The topological polar surface area (TPSA) is 50.9 Å². The summed E-state index contributed by atoms with van der Waals surface area (Å²) in [6.45, 7) is 7.51. The van der Waals surface area contributed by atoms with Crippen LogP contribution in [0.1, 0.15) is 26.7 Å². The van der Waals surface area contributed by atoms with E-state index in [1.54, 1.807) is 0 Å². The van der Waals surface area contributed by atoms with Gasteiger partial charge in [0.15, 0.2) is 5.96 Å². The quantitative estimate of drug-likeness (QED) is 0.732. The molecule has 1 aliphatic carbocycles. The lowest BCUT2D eigenvalue weighted by Gasteiger charge is -2.36. The summed E-state index contributed by atoms with van der Waals surface area (Å²) in [5, 5.41) is 0. The zero-order valence-corrected chi connectivity index (χ0v) is 9.70. The molecule has 4 nitrogen and oxygen atoms in total. The molecule has 15 heavy (non-hydrogen) atoms. The fourth-order valence-corrected chi connectivity index (χ4v) is 2.02. The predicted octanol–water partition coefficient (Wildman–Crippen LogP) is 0.822. The van der Waals surface area contributed by atoms with E-state index < -0.39 is 0 Å². The van der Waals surface area contributed by atoms with E-state index in [2.05, 4.69) is 16.8 Å². The Balaban J connectivity index is 1.97. The highest BCUT2D eigenvalue weighted by molar-refractivity contribution is 5.81. The van der Waals surface area contributed by atoms with Gasteiger partial charge in [0.2, 0.25) is 0 Å².